The Bertz CT molecular complexity index is 425. The Hall–Kier alpha value is -1.13. The Kier molecular flexibility index (Phi) is 5.59. The first-order valence-electron chi connectivity index (χ1n) is 7.95. The van der Waals surface area contributed by atoms with Crippen molar-refractivity contribution in [3.63, 3.8) is 0 Å². The molecule has 0 spiro atoms. The second-order valence-corrected chi connectivity index (χ2v) is 6.84. The van der Waals surface area contributed by atoms with Crippen LogP contribution in [-0.2, 0) is 10.2 Å². The zero-order valence-electron chi connectivity index (χ0n) is 13.9. The van der Waals surface area contributed by atoms with E-state index in [2.05, 4.69) is 43.1 Å². The summed E-state index contributed by atoms with van der Waals surface area (Å²) < 4.78 is 5.07. The molecule has 1 fully saturated rings. The Morgan fingerprint density at radius 2 is 2.19 bits per heavy atom. The SMILES string of the molecule is COCCNCC1CCCN1c1ccc(C(C)(C)C)cn1. The Morgan fingerprint density at radius 3 is 2.81 bits per heavy atom. The third-order valence-corrected chi connectivity index (χ3v) is 4.15. The van der Waals surface area contributed by atoms with E-state index in [0.717, 1.165) is 32.1 Å². The number of anilines is 1. The van der Waals surface area contributed by atoms with Crippen LogP contribution in [0.15, 0.2) is 18.3 Å². The molecule has 2 rings (SSSR count). The fraction of sp³-hybridized carbons (Fsp3) is 0.706. The van der Waals surface area contributed by atoms with Crippen molar-refractivity contribution < 1.29 is 4.74 Å². The maximum Gasteiger partial charge on any atom is 0.128 e. The van der Waals surface area contributed by atoms with Crippen LogP contribution in [0.5, 0.6) is 0 Å². The largest absolute Gasteiger partial charge is 0.383 e. The molecule has 21 heavy (non-hydrogen) atoms. The van der Waals surface area contributed by atoms with Gasteiger partial charge in [-0.05, 0) is 29.9 Å². The lowest BCUT2D eigenvalue weighted by Crippen LogP contribution is -2.39. The highest BCUT2D eigenvalue weighted by Gasteiger charge is 2.25. The van der Waals surface area contributed by atoms with Crippen LogP contribution in [0.3, 0.4) is 0 Å². The summed E-state index contributed by atoms with van der Waals surface area (Å²) in [6, 6.07) is 4.94. The van der Waals surface area contributed by atoms with Crippen molar-refractivity contribution in [3.8, 4) is 0 Å². The van der Waals surface area contributed by atoms with Crippen LogP contribution in [-0.4, -0.2) is 44.4 Å². The number of nitrogens with one attached hydrogen (secondary N) is 1. The minimum Gasteiger partial charge on any atom is -0.383 e. The topological polar surface area (TPSA) is 37.4 Å². The van der Waals surface area contributed by atoms with Crippen molar-refractivity contribution in [2.45, 2.75) is 45.1 Å². The summed E-state index contributed by atoms with van der Waals surface area (Å²) in [5.74, 6) is 1.11. The minimum absolute atomic E-state index is 0.164. The normalized spacial score (nSPS) is 19.2. The average molecular weight is 291 g/mol. The maximum atomic E-state index is 5.07. The molecule has 4 nitrogen and oxygen atoms in total. The quantitative estimate of drug-likeness (QED) is 0.818. The molecule has 1 aromatic rings. The number of nitrogens with zero attached hydrogens (tertiary/aromatic N) is 2. The molecule has 2 heterocycles. The lowest BCUT2D eigenvalue weighted by molar-refractivity contribution is 0.199. The van der Waals surface area contributed by atoms with Crippen LogP contribution in [0.2, 0.25) is 0 Å². The Morgan fingerprint density at radius 1 is 1.38 bits per heavy atom. The molecule has 0 radical (unpaired) electrons. The van der Waals surface area contributed by atoms with E-state index in [4.69, 9.17) is 9.72 Å². The molecular weight excluding hydrogens is 262 g/mol. The van der Waals surface area contributed by atoms with Gasteiger partial charge in [-0.15, -0.1) is 0 Å². The van der Waals surface area contributed by atoms with Crippen molar-refractivity contribution in [2.24, 2.45) is 0 Å². The second-order valence-electron chi connectivity index (χ2n) is 6.84. The van der Waals surface area contributed by atoms with E-state index in [1.54, 1.807) is 7.11 Å². The predicted octanol–water partition coefficient (Wildman–Crippen LogP) is 2.58. The van der Waals surface area contributed by atoms with Crippen LogP contribution in [0.1, 0.15) is 39.2 Å². The molecule has 4 heteroatoms. The number of hydrogen-bond donors (Lipinski definition) is 1. The van der Waals surface area contributed by atoms with Gasteiger partial charge in [-0.2, -0.15) is 0 Å². The first kappa shape index (κ1) is 16.2. The van der Waals surface area contributed by atoms with Gasteiger partial charge < -0.3 is 15.0 Å². The first-order chi connectivity index (χ1) is 10.0. The van der Waals surface area contributed by atoms with E-state index in [1.807, 2.05) is 6.20 Å². The monoisotopic (exact) mass is 291 g/mol. The van der Waals surface area contributed by atoms with Crippen molar-refractivity contribution >= 4 is 5.82 Å². The molecule has 1 N–H and O–H groups in total. The van der Waals surface area contributed by atoms with Gasteiger partial charge in [0.25, 0.3) is 0 Å². The standard InChI is InChI=1S/C17H29N3O/c1-17(2,3)14-7-8-16(19-12-14)20-10-5-6-15(20)13-18-9-11-21-4/h7-8,12,15,18H,5-6,9-11,13H2,1-4H3. The molecule has 118 valence electrons. The second kappa shape index (κ2) is 7.23. The molecule has 1 aliphatic heterocycles. The van der Waals surface area contributed by atoms with E-state index in [1.165, 1.54) is 18.4 Å². The van der Waals surface area contributed by atoms with Gasteiger partial charge in [-0.3, -0.25) is 0 Å². The maximum absolute atomic E-state index is 5.07. The highest BCUT2D eigenvalue weighted by molar-refractivity contribution is 5.43. The van der Waals surface area contributed by atoms with Crippen LogP contribution >= 0.6 is 0 Å². The molecule has 1 saturated heterocycles. The molecule has 1 unspecified atom stereocenters. The summed E-state index contributed by atoms with van der Waals surface area (Å²) in [5.41, 5.74) is 1.46. The lowest BCUT2D eigenvalue weighted by Gasteiger charge is -2.27. The van der Waals surface area contributed by atoms with Gasteiger partial charge >= 0.3 is 0 Å². The van der Waals surface area contributed by atoms with Gasteiger partial charge in [0.15, 0.2) is 0 Å². The van der Waals surface area contributed by atoms with Crippen molar-refractivity contribution in [1.82, 2.24) is 10.3 Å². The van der Waals surface area contributed by atoms with Gasteiger partial charge in [0.2, 0.25) is 0 Å². The number of pyridine rings is 1. The lowest BCUT2D eigenvalue weighted by atomic mass is 9.88. The van der Waals surface area contributed by atoms with Crippen LogP contribution in [0, 0.1) is 0 Å². The molecule has 1 atom stereocenters. The summed E-state index contributed by atoms with van der Waals surface area (Å²) in [7, 11) is 1.74. The fourth-order valence-electron chi connectivity index (χ4n) is 2.79. The fourth-order valence-corrected chi connectivity index (χ4v) is 2.79. The predicted molar refractivity (Wildman–Crippen MR) is 88.1 cm³/mol. The zero-order valence-corrected chi connectivity index (χ0v) is 13.9. The molecular formula is C17H29N3O. The molecule has 0 amide bonds. The van der Waals surface area contributed by atoms with E-state index in [0.29, 0.717) is 6.04 Å². The first-order valence-corrected chi connectivity index (χ1v) is 7.95. The summed E-state index contributed by atoms with van der Waals surface area (Å²) in [5, 5.41) is 3.47. The van der Waals surface area contributed by atoms with Gasteiger partial charge in [-0.25, -0.2) is 4.98 Å². The highest BCUT2D eigenvalue weighted by Crippen LogP contribution is 2.26. The summed E-state index contributed by atoms with van der Waals surface area (Å²) in [6.07, 6.45) is 4.52. The van der Waals surface area contributed by atoms with Crippen LogP contribution in [0.4, 0.5) is 5.82 Å². The third kappa shape index (κ3) is 4.42. The molecule has 0 bridgehead atoms. The van der Waals surface area contributed by atoms with Crippen LogP contribution in [0.25, 0.3) is 0 Å². The summed E-state index contributed by atoms with van der Waals surface area (Å²) in [6.45, 7) is 10.5. The number of aromatic nitrogens is 1. The van der Waals surface area contributed by atoms with Crippen molar-refractivity contribution in [1.29, 1.82) is 0 Å². The van der Waals surface area contributed by atoms with E-state index in [9.17, 15) is 0 Å². The van der Waals surface area contributed by atoms with Crippen molar-refractivity contribution in [3.05, 3.63) is 23.9 Å². The number of hydrogen-bond acceptors (Lipinski definition) is 4. The molecule has 0 aromatic carbocycles. The average Bonchev–Trinajstić information content (AvgIpc) is 2.91. The number of ether oxygens (including phenoxy) is 1. The molecule has 1 aliphatic rings. The smallest absolute Gasteiger partial charge is 0.128 e. The summed E-state index contributed by atoms with van der Waals surface area (Å²) in [4.78, 5) is 7.13. The Balaban J connectivity index is 1.96. The van der Waals surface area contributed by atoms with Crippen molar-refractivity contribution in [2.75, 3.05) is 38.3 Å². The van der Waals surface area contributed by atoms with Crippen LogP contribution < -0.4 is 10.2 Å². The highest BCUT2D eigenvalue weighted by atomic mass is 16.5. The van der Waals surface area contributed by atoms with E-state index in [-0.39, 0.29) is 5.41 Å². The minimum atomic E-state index is 0.164. The Labute approximate surface area is 128 Å². The third-order valence-electron chi connectivity index (χ3n) is 4.15. The van der Waals surface area contributed by atoms with E-state index < -0.39 is 0 Å². The van der Waals surface area contributed by atoms with E-state index >= 15 is 0 Å². The molecule has 0 aliphatic carbocycles. The van der Waals surface area contributed by atoms with Gasteiger partial charge in [0, 0.05) is 39.0 Å². The van der Waals surface area contributed by atoms with Gasteiger partial charge in [-0.1, -0.05) is 26.8 Å². The molecule has 0 saturated carbocycles. The van der Waals surface area contributed by atoms with Gasteiger partial charge in [0.05, 0.1) is 6.61 Å². The number of rotatable bonds is 6. The molecule has 1 aromatic heterocycles. The number of methoxy groups -OCH3 is 1. The summed E-state index contributed by atoms with van der Waals surface area (Å²) >= 11 is 0. The van der Waals surface area contributed by atoms with Gasteiger partial charge in [0.1, 0.15) is 5.82 Å². The zero-order chi connectivity index (χ0) is 15.3.